The van der Waals surface area contributed by atoms with Gasteiger partial charge in [0.15, 0.2) is 0 Å². The van der Waals surface area contributed by atoms with E-state index in [-0.39, 0.29) is 0 Å². The fraction of sp³-hybridized carbons (Fsp3) is 1.00. The zero-order chi connectivity index (χ0) is 14.8. The van der Waals surface area contributed by atoms with E-state index in [1.54, 1.807) is 14.2 Å². The van der Waals surface area contributed by atoms with Crippen LogP contribution in [0.5, 0.6) is 0 Å². The first kappa shape index (κ1) is 18.8. The number of methoxy groups -OCH3 is 2. The van der Waals surface area contributed by atoms with Gasteiger partial charge in [-0.1, -0.05) is 27.7 Å². The predicted octanol–water partition coefficient (Wildman–Crippen LogP) is 2.85. The number of nitrogens with one attached hydrogen (secondary N) is 1. The normalized spacial score (nSPS) is 18.0. The van der Waals surface area contributed by atoms with Gasteiger partial charge < -0.3 is 18.9 Å². The van der Waals surface area contributed by atoms with E-state index in [1.165, 1.54) is 0 Å². The fourth-order valence-corrected chi connectivity index (χ4v) is 1.79. The van der Waals surface area contributed by atoms with E-state index in [0.29, 0.717) is 26.1 Å². The van der Waals surface area contributed by atoms with Crippen molar-refractivity contribution in [2.75, 3.05) is 27.4 Å². The van der Waals surface area contributed by atoms with Crippen molar-refractivity contribution in [2.45, 2.75) is 65.2 Å². The molecule has 1 N–H and O–H groups in total. The van der Waals surface area contributed by atoms with Gasteiger partial charge in [-0.25, -0.2) is 5.32 Å². The Morgan fingerprint density at radius 1 is 0.737 bits per heavy atom. The third-order valence-electron chi connectivity index (χ3n) is 3.05. The SMILES string of the molecule is CCCOC(CC)(NC(CC)(OC)OCCC)OC. The average Bonchev–Trinajstić information content (AvgIpc) is 2.48. The summed E-state index contributed by atoms with van der Waals surface area (Å²) in [7, 11) is 3.25. The van der Waals surface area contributed by atoms with E-state index in [0.717, 1.165) is 12.8 Å². The first-order valence-electron chi connectivity index (χ1n) is 7.25. The standard InChI is InChI=1S/C14H31NO4/c1-7-11-18-13(9-3,16-5)15-14(10-4,17-6)19-12-8-2/h15H,7-12H2,1-6H3. The summed E-state index contributed by atoms with van der Waals surface area (Å²) in [5.74, 6) is -1.76. The van der Waals surface area contributed by atoms with Gasteiger partial charge in [-0.05, 0) is 12.8 Å². The lowest BCUT2D eigenvalue weighted by atomic mass is 10.2. The zero-order valence-corrected chi connectivity index (χ0v) is 13.4. The van der Waals surface area contributed by atoms with E-state index in [1.807, 2.05) is 13.8 Å². The van der Waals surface area contributed by atoms with Crippen LogP contribution in [0.1, 0.15) is 53.4 Å². The van der Waals surface area contributed by atoms with Crippen LogP contribution in [0.2, 0.25) is 0 Å². The van der Waals surface area contributed by atoms with E-state index < -0.39 is 11.8 Å². The van der Waals surface area contributed by atoms with Gasteiger partial charge in [0.25, 0.3) is 0 Å². The minimum Gasteiger partial charge on any atom is -0.341 e. The molecule has 0 fully saturated rings. The minimum atomic E-state index is -0.879. The van der Waals surface area contributed by atoms with Crippen molar-refractivity contribution in [2.24, 2.45) is 0 Å². The molecule has 2 unspecified atom stereocenters. The Labute approximate surface area is 117 Å². The van der Waals surface area contributed by atoms with Crippen molar-refractivity contribution >= 4 is 0 Å². The van der Waals surface area contributed by atoms with Crippen LogP contribution in [-0.2, 0) is 18.9 Å². The lowest BCUT2D eigenvalue weighted by Gasteiger charge is -2.41. The highest BCUT2D eigenvalue weighted by molar-refractivity contribution is 4.74. The third-order valence-corrected chi connectivity index (χ3v) is 3.05. The summed E-state index contributed by atoms with van der Waals surface area (Å²) < 4.78 is 22.7. The average molecular weight is 277 g/mol. The quantitative estimate of drug-likeness (QED) is 0.556. The van der Waals surface area contributed by atoms with Crippen molar-refractivity contribution in [1.29, 1.82) is 0 Å². The predicted molar refractivity (Wildman–Crippen MR) is 75.7 cm³/mol. The van der Waals surface area contributed by atoms with E-state index >= 15 is 0 Å². The van der Waals surface area contributed by atoms with Crippen LogP contribution >= 0.6 is 0 Å². The van der Waals surface area contributed by atoms with Gasteiger partial charge in [0.1, 0.15) is 0 Å². The molecule has 0 aliphatic carbocycles. The Kier molecular flexibility index (Phi) is 9.56. The summed E-state index contributed by atoms with van der Waals surface area (Å²) in [6.07, 6.45) is 3.16. The summed E-state index contributed by atoms with van der Waals surface area (Å²) in [5.41, 5.74) is 0. The highest BCUT2D eigenvalue weighted by Crippen LogP contribution is 2.23. The summed E-state index contributed by atoms with van der Waals surface area (Å²) >= 11 is 0. The molecule has 0 aromatic carbocycles. The van der Waals surface area contributed by atoms with Gasteiger partial charge in [-0.15, -0.1) is 0 Å². The van der Waals surface area contributed by atoms with Crippen LogP contribution in [-0.4, -0.2) is 39.3 Å². The molecule has 0 aliphatic heterocycles. The molecule has 0 saturated heterocycles. The highest BCUT2D eigenvalue weighted by Gasteiger charge is 2.40. The molecule has 5 heteroatoms. The Morgan fingerprint density at radius 3 is 1.32 bits per heavy atom. The minimum absolute atomic E-state index is 0.617. The van der Waals surface area contributed by atoms with Gasteiger partial charge in [-0.3, -0.25) is 0 Å². The molecule has 0 radical (unpaired) electrons. The van der Waals surface area contributed by atoms with Crippen LogP contribution in [0.3, 0.4) is 0 Å². The summed E-state index contributed by atoms with van der Waals surface area (Å²) in [6.45, 7) is 9.36. The van der Waals surface area contributed by atoms with Crippen molar-refractivity contribution in [3.05, 3.63) is 0 Å². The Bertz CT molecular complexity index is 193. The Balaban J connectivity index is 4.90. The van der Waals surface area contributed by atoms with Gasteiger partial charge in [-0.2, -0.15) is 0 Å². The number of ether oxygens (including phenoxy) is 4. The Morgan fingerprint density at radius 2 is 1.11 bits per heavy atom. The molecule has 5 nitrogen and oxygen atoms in total. The molecule has 0 aliphatic rings. The first-order valence-corrected chi connectivity index (χ1v) is 7.25. The first-order chi connectivity index (χ1) is 9.07. The molecule has 19 heavy (non-hydrogen) atoms. The van der Waals surface area contributed by atoms with Crippen molar-refractivity contribution in [3.8, 4) is 0 Å². The summed E-state index contributed by atoms with van der Waals surface area (Å²) in [5, 5.41) is 3.26. The van der Waals surface area contributed by atoms with E-state index in [9.17, 15) is 0 Å². The zero-order valence-electron chi connectivity index (χ0n) is 13.4. The molecule has 0 bridgehead atoms. The molecule has 0 amide bonds. The molecular weight excluding hydrogens is 246 g/mol. The van der Waals surface area contributed by atoms with Crippen LogP contribution in [0.25, 0.3) is 0 Å². The van der Waals surface area contributed by atoms with Gasteiger partial charge in [0, 0.05) is 27.1 Å². The largest absolute Gasteiger partial charge is 0.341 e. The van der Waals surface area contributed by atoms with Crippen LogP contribution in [0.4, 0.5) is 0 Å². The lowest BCUT2D eigenvalue weighted by molar-refractivity contribution is -0.333. The topological polar surface area (TPSA) is 49.0 Å². The van der Waals surface area contributed by atoms with Crippen molar-refractivity contribution in [3.63, 3.8) is 0 Å². The van der Waals surface area contributed by atoms with Crippen molar-refractivity contribution in [1.82, 2.24) is 5.32 Å². The summed E-state index contributed by atoms with van der Waals surface area (Å²) in [4.78, 5) is 0. The monoisotopic (exact) mass is 277 g/mol. The molecule has 0 saturated carbocycles. The molecule has 0 aromatic rings. The van der Waals surface area contributed by atoms with Gasteiger partial charge in [0.05, 0.1) is 13.2 Å². The van der Waals surface area contributed by atoms with Gasteiger partial charge >= 0.3 is 0 Å². The molecule has 0 rings (SSSR count). The van der Waals surface area contributed by atoms with Crippen LogP contribution in [0.15, 0.2) is 0 Å². The second-order valence-electron chi connectivity index (χ2n) is 4.44. The molecule has 0 aromatic heterocycles. The summed E-state index contributed by atoms with van der Waals surface area (Å²) in [6, 6.07) is 0. The maximum Gasteiger partial charge on any atom is 0.230 e. The molecule has 116 valence electrons. The third kappa shape index (κ3) is 5.75. The lowest BCUT2D eigenvalue weighted by Crippen LogP contribution is -2.62. The Hall–Kier alpha value is -0.200. The fourth-order valence-electron chi connectivity index (χ4n) is 1.79. The van der Waals surface area contributed by atoms with Crippen LogP contribution < -0.4 is 5.32 Å². The second kappa shape index (κ2) is 9.66. The molecule has 0 heterocycles. The van der Waals surface area contributed by atoms with Gasteiger partial charge in [0.2, 0.25) is 11.8 Å². The van der Waals surface area contributed by atoms with E-state index in [2.05, 4.69) is 19.2 Å². The van der Waals surface area contributed by atoms with E-state index in [4.69, 9.17) is 18.9 Å². The number of rotatable bonds is 12. The molecular formula is C14H31NO4. The molecule has 0 spiro atoms. The maximum atomic E-state index is 5.82. The number of hydrogen-bond donors (Lipinski definition) is 1. The highest BCUT2D eigenvalue weighted by atomic mass is 16.8. The molecule has 2 atom stereocenters. The van der Waals surface area contributed by atoms with Crippen molar-refractivity contribution < 1.29 is 18.9 Å². The van der Waals surface area contributed by atoms with Crippen LogP contribution in [0, 0.1) is 0 Å². The smallest absolute Gasteiger partial charge is 0.230 e. The second-order valence-corrected chi connectivity index (χ2v) is 4.44. The maximum absolute atomic E-state index is 5.82. The number of hydrogen-bond acceptors (Lipinski definition) is 5.